The van der Waals surface area contributed by atoms with Crippen molar-refractivity contribution in [2.75, 3.05) is 13.2 Å². The summed E-state index contributed by atoms with van der Waals surface area (Å²) in [6.45, 7) is 0.460. The predicted molar refractivity (Wildman–Crippen MR) is 72.6 cm³/mol. The Morgan fingerprint density at radius 1 is 1.11 bits per heavy atom. The first-order valence-corrected chi connectivity index (χ1v) is 7.77. The molecule has 18 heavy (non-hydrogen) atoms. The highest BCUT2D eigenvalue weighted by molar-refractivity contribution is 7.89. The lowest BCUT2D eigenvalue weighted by atomic mass is 10.2. The van der Waals surface area contributed by atoms with Crippen molar-refractivity contribution in [2.24, 2.45) is 0 Å². The lowest BCUT2D eigenvalue weighted by Crippen LogP contribution is -2.24. The number of aliphatic hydroxyl groups excluding tert-OH is 1. The molecule has 0 heterocycles. The summed E-state index contributed by atoms with van der Waals surface area (Å²) < 4.78 is 26.2. The number of hydrogen-bond donors (Lipinski definition) is 2. The molecule has 0 fully saturated rings. The Labute approximate surface area is 117 Å². The highest BCUT2D eigenvalue weighted by Crippen LogP contribution is 2.24. The summed E-state index contributed by atoms with van der Waals surface area (Å²) in [5.41, 5.74) is 0. The maximum atomic E-state index is 11.9. The van der Waals surface area contributed by atoms with E-state index in [4.69, 9.17) is 28.3 Å². The van der Waals surface area contributed by atoms with Crippen molar-refractivity contribution in [2.45, 2.75) is 24.2 Å². The standard InChI is InChI=1S/C11H15Cl2NO3S/c12-10-5-4-9(8-11(10)13)18(16,17)14-6-2-1-3-7-15/h4-5,8,14-15H,1-3,6-7H2. The molecular formula is C11H15Cl2NO3S. The fraction of sp³-hybridized carbons (Fsp3) is 0.455. The van der Waals surface area contributed by atoms with Crippen LogP contribution in [0.4, 0.5) is 0 Å². The van der Waals surface area contributed by atoms with E-state index in [1.807, 2.05) is 0 Å². The van der Waals surface area contributed by atoms with Crippen molar-refractivity contribution < 1.29 is 13.5 Å². The van der Waals surface area contributed by atoms with Crippen LogP contribution < -0.4 is 4.72 Å². The SMILES string of the molecule is O=S(=O)(NCCCCCO)c1ccc(Cl)c(Cl)c1. The van der Waals surface area contributed by atoms with Gasteiger partial charge in [0.05, 0.1) is 14.9 Å². The summed E-state index contributed by atoms with van der Waals surface area (Å²) in [7, 11) is -3.54. The highest BCUT2D eigenvalue weighted by Gasteiger charge is 2.14. The molecule has 0 aliphatic carbocycles. The van der Waals surface area contributed by atoms with Crippen LogP contribution in [0.5, 0.6) is 0 Å². The zero-order valence-electron chi connectivity index (χ0n) is 9.70. The van der Waals surface area contributed by atoms with Crippen molar-refractivity contribution in [3.63, 3.8) is 0 Å². The fourth-order valence-corrected chi connectivity index (χ4v) is 2.81. The van der Waals surface area contributed by atoms with Gasteiger partial charge in [0.1, 0.15) is 0 Å². The number of rotatable bonds is 7. The van der Waals surface area contributed by atoms with Crippen LogP contribution in [0.1, 0.15) is 19.3 Å². The third-order valence-corrected chi connectivity index (χ3v) is 4.53. The van der Waals surface area contributed by atoms with E-state index < -0.39 is 10.0 Å². The summed E-state index contributed by atoms with van der Waals surface area (Å²) in [4.78, 5) is 0.0964. The third-order valence-electron chi connectivity index (χ3n) is 2.33. The molecule has 7 heteroatoms. The van der Waals surface area contributed by atoms with Crippen LogP contribution in [0.2, 0.25) is 10.0 Å². The van der Waals surface area contributed by atoms with Crippen LogP contribution in [-0.2, 0) is 10.0 Å². The van der Waals surface area contributed by atoms with Crippen LogP contribution in [0.15, 0.2) is 23.1 Å². The van der Waals surface area contributed by atoms with E-state index in [2.05, 4.69) is 4.72 Å². The topological polar surface area (TPSA) is 66.4 Å². The second-order valence-corrected chi connectivity index (χ2v) is 6.34. The van der Waals surface area contributed by atoms with Gasteiger partial charge in [-0.15, -0.1) is 0 Å². The molecule has 0 aromatic heterocycles. The molecule has 0 aliphatic heterocycles. The van der Waals surface area contributed by atoms with E-state index in [0.717, 1.165) is 6.42 Å². The summed E-state index contributed by atoms with van der Waals surface area (Å²) >= 11 is 11.5. The Bertz CT molecular complexity index is 491. The number of nitrogens with one attached hydrogen (secondary N) is 1. The van der Waals surface area contributed by atoms with Crippen LogP contribution >= 0.6 is 23.2 Å². The lowest BCUT2D eigenvalue weighted by molar-refractivity contribution is 0.283. The number of aliphatic hydroxyl groups is 1. The van der Waals surface area contributed by atoms with E-state index in [1.165, 1.54) is 18.2 Å². The quantitative estimate of drug-likeness (QED) is 0.760. The van der Waals surface area contributed by atoms with E-state index in [9.17, 15) is 8.42 Å². The Hall–Kier alpha value is -0.330. The zero-order valence-corrected chi connectivity index (χ0v) is 12.0. The Morgan fingerprint density at radius 2 is 1.83 bits per heavy atom. The lowest BCUT2D eigenvalue weighted by Gasteiger charge is -2.07. The molecular weight excluding hydrogens is 297 g/mol. The number of unbranched alkanes of at least 4 members (excludes halogenated alkanes) is 2. The summed E-state index contributed by atoms with van der Waals surface area (Å²) in [5.74, 6) is 0. The van der Waals surface area contributed by atoms with Gasteiger partial charge in [-0.1, -0.05) is 23.2 Å². The van der Waals surface area contributed by atoms with Gasteiger partial charge < -0.3 is 5.11 Å². The van der Waals surface area contributed by atoms with Gasteiger partial charge in [-0.05, 0) is 37.5 Å². The van der Waals surface area contributed by atoms with Crippen molar-refractivity contribution in [1.82, 2.24) is 4.72 Å². The number of halogens is 2. The first kappa shape index (κ1) is 15.7. The van der Waals surface area contributed by atoms with Gasteiger partial charge >= 0.3 is 0 Å². The average molecular weight is 312 g/mol. The Kier molecular flexibility index (Phi) is 6.38. The minimum absolute atomic E-state index is 0.0964. The van der Waals surface area contributed by atoms with Crippen molar-refractivity contribution in [3.8, 4) is 0 Å². The molecule has 0 unspecified atom stereocenters. The van der Waals surface area contributed by atoms with E-state index >= 15 is 0 Å². The molecule has 0 bridgehead atoms. The van der Waals surface area contributed by atoms with E-state index in [-0.39, 0.29) is 16.5 Å². The van der Waals surface area contributed by atoms with Gasteiger partial charge in [-0.25, -0.2) is 13.1 Å². The largest absolute Gasteiger partial charge is 0.396 e. The maximum Gasteiger partial charge on any atom is 0.240 e. The number of hydrogen-bond acceptors (Lipinski definition) is 3. The second-order valence-electron chi connectivity index (χ2n) is 3.76. The molecule has 2 N–H and O–H groups in total. The maximum absolute atomic E-state index is 11.9. The fourth-order valence-electron chi connectivity index (χ4n) is 1.35. The average Bonchev–Trinajstić information content (AvgIpc) is 2.32. The molecule has 0 saturated carbocycles. The molecule has 0 saturated heterocycles. The number of benzene rings is 1. The molecule has 0 radical (unpaired) electrons. The van der Waals surface area contributed by atoms with Crippen molar-refractivity contribution >= 4 is 33.2 Å². The van der Waals surface area contributed by atoms with Crippen molar-refractivity contribution in [1.29, 1.82) is 0 Å². The molecule has 0 spiro atoms. The molecule has 4 nitrogen and oxygen atoms in total. The third kappa shape index (κ3) is 4.74. The molecule has 0 aliphatic rings. The van der Waals surface area contributed by atoms with Gasteiger partial charge in [0, 0.05) is 13.2 Å². The van der Waals surface area contributed by atoms with Crippen LogP contribution in [0, 0.1) is 0 Å². The minimum atomic E-state index is -3.54. The molecule has 102 valence electrons. The molecule has 1 rings (SSSR count). The Morgan fingerprint density at radius 3 is 2.44 bits per heavy atom. The summed E-state index contributed by atoms with van der Waals surface area (Å²) in [6, 6.07) is 4.18. The monoisotopic (exact) mass is 311 g/mol. The van der Waals surface area contributed by atoms with Gasteiger partial charge in [0.2, 0.25) is 10.0 Å². The first-order chi connectivity index (χ1) is 8.47. The normalized spacial score (nSPS) is 11.7. The van der Waals surface area contributed by atoms with Crippen LogP contribution in [0.3, 0.4) is 0 Å². The smallest absolute Gasteiger partial charge is 0.240 e. The summed E-state index contributed by atoms with van der Waals surface area (Å²) in [5, 5.41) is 9.12. The number of sulfonamides is 1. The zero-order chi connectivity index (χ0) is 13.6. The Balaban J connectivity index is 2.60. The molecule has 0 atom stereocenters. The van der Waals surface area contributed by atoms with Crippen LogP contribution in [-0.4, -0.2) is 26.7 Å². The van der Waals surface area contributed by atoms with Gasteiger partial charge in [-0.2, -0.15) is 0 Å². The second kappa shape index (κ2) is 7.31. The van der Waals surface area contributed by atoms with Crippen molar-refractivity contribution in [3.05, 3.63) is 28.2 Å². The summed E-state index contributed by atoms with van der Waals surface area (Å²) in [6.07, 6.45) is 2.13. The predicted octanol–water partition coefficient (Wildman–Crippen LogP) is 2.43. The molecule has 1 aromatic rings. The van der Waals surface area contributed by atoms with Gasteiger partial charge in [0.15, 0.2) is 0 Å². The molecule has 0 amide bonds. The van der Waals surface area contributed by atoms with Crippen LogP contribution in [0.25, 0.3) is 0 Å². The molecule has 1 aromatic carbocycles. The van der Waals surface area contributed by atoms with Gasteiger partial charge in [-0.3, -0.25) is 0 Å². The van der Waals surface area contributed by atoms with E-state index in [1.54, 1.807) is 0 Å². The van der Waals surface area contributed by atoms with E-state index in [0.29, 0.717) is 24.4 Å². The minimum Gasteiger partial charge on any atom is -0.396 e. The highest BCUT2D eigenvalue weighted by atomic mass is 35.5. The first-order valence-electron chi connectivity index (χ1n) is 5.53. The van der Waals surface area contributed by atoms with Gasteiger partial charge in [0.25, 0.3) is 0 Å².